The molecule has 2 aromatic carbocycles. The number of nitriles is 1. The van der Waals surface area contributed by atoms with Gasteiger partial charge in [0, 0.05) is 5.69 Å². The molecule has 0 saturated carbocycles. The molecule has 3 nitrogen and oxygen atoms in total. The molecule has 0 unspecified atom stereocenters. The largest absolute Gasteiger partial charge is 0.321 e. The predicted molar refractivity (Wildman–Crippen MR) is 98.5 cm³/mol. The molecular weight excluding hydrogens is 296 g/mol. The summed E-state index contributed by atoms with van der Waals surface area (Å²) in [7, 11) is 0. The maximum absolute atomic E-state index is 12.3. The molecule has 0 fully saturated rings. The van der Waals surface area contributed by atoms with Gasteiger partial charge in [0.05, 0.1) is 0 Å². The number of aryl methyl sites for hydroxylation is 1. The Morgan fingerprint density at radius 1 is 1.04 bits per heavy atom. The molecular formula is C21H22N2O. The molecule has 122 valence electrons. The number of carbonyl (C=O) groups excluding carboxylic acids is 1. The summed E-state index contributed by atoms with van der Waals surface area (Å²) in [5.41, 5.74) is 3.99. The maximum Gasteiger partial charge on any atom is 0.266 e. The fourth-order valence-electron chi connectivity index (χ4n) is 2.23. The van der Waals surface area contributed by atoms with E-state index >= 15 is 0 Å². The van der Waals surface area contributed by atoms with Gasteiger partial charge in [-0.2, -0.15) is 5.26 Å². The number of anilines is 1. The Kier molecular flexibility index (Phi) is 5.21. The summed E-state index contributed by atoms with van der Waals surface area (Å²) in [4.78, 5) is 12.3. The Bertz CT molecular complexity index is 786. The average Bonchev–Trinajstić information content (AvgIpc) is 2.54. The first kappa shape index (κ1) is 17.5. The lowest BCUT2D eigenvalue weighted by Crippen LogP contribution is -2.13. The van der Waals surface area contributed by atoms with Crippen molar-refractivity contribution in [3.63, 3.8) is 0 Å². The van der Waals surface area contributed by atoms with Gasteiger partial charge in [-0.3, -0.25) is 4.79 Å². The van der Waals surface area contributed by atoms with Gasteiger partial charge in [0.1, 0.15) is 11.6 Å². The van der Waals surface area contributed by atoms with Gasteiger partial charge in [0.15, 0.2) is 0 Å². The van der Waals surface area contributed by atoms with Crippen LogP contribution in [0.3, 0.4) is 0 Å². The zero-order valence-corrected chi connectivity index (χ0v) is 14.6. The summed E-state index contributed by atoms with van der Waals surface area (Å²) in [6.45, 7) is 8.42. The van der Waals surface area contributed by atoms with E-state index in [-0.39, 0.29) is 11.0 Å². The van der Waals surface area contributed by atoms with E-state index in [0.717, 1.165) is 11.1 Å². The van der Waals surface area contributed by atoms with Gasteiger partial charge in [0.2, 0.25) is 0 Å². The van der Waals surface area contributed by atoms with Crippen molar-refractivity contribution in [1.82, 2.24) is 0 Å². The van der Waals surface area contributed by atoms with Crippen LogP contribution in [0.5, 0.6) is 0 Å². The summed E-state index contributed by atoms with van der Waals surface area (Å²) >= 11 is 0. The Morgan fingerprint density at radius 3 is 2.12 bits per heavy atom. The lowest BCUT2D eigenvalue weighted by atomic mass is 9.86. The third-order valence-electron chi connectivity index (χ3n) is 3.76. The highest BCUT2D eigenvalue weighted by molar-refractivity contribution is 6.09. The monoisotopic (exact) mass is 318 g/mol. The van der Waals surface area contributed by atoms with Crippen molar-refractivity contribution in [1.29, 1.82) is 5.26 Å². The molecule has 0 bridgehead atoms. The van der Waals surface area contributed by atoms with E-state index in [1.807, 2.05) is 61.5 Å². The maximum atomic E-state index is 12.3. The molecule has 1 N–H and O–H groups in total. The predicted octanol–water partition coefficient (Wildman–Crippen LogP) is 4.84. The first-order valence-corrected chi connectivity index (χ1v) is 7.90. The minimum atomic E-state index is -0.402. The fourth-order valence-corrected chi connectivity index (χ4v) is 2.23. The van der Waals surface area contributed by atoms with E-state index in [2.05, 4.69) is 26.1 Å². The number of nitrogens with zero attached hydrogens (tertiary/aromatic N) is 1. The number of hydrogen-bond donors (Lipinski definition) is 1. The van der Waals surface area contributed by atoms with Crippen molar-refractivity contribution >= 4 is 17.7 Å². The van der Waals surface area contributed by atoms with Crippen LogP contribution in [0.15, 0.2) is 54.1 Å². The fraction of sp³-hybridized carbons (Fsp3) is 0.238. The second-order valence-electron chi connectivity index (χ2n) is 6.86. The third-order valence-corrected chi connectivity index (χ3v) is 3.76. The van der Waals surface area contributed by atoms with Gasteiger partial charge >= 0.3 is 0 Å². The van der Waals surface area contributed by atoms with Crippen LogP contribution < -0.4 is 5.32 Å². The van der Waals surface area contributed by atoms with Gasteiger partial charge in [0.25, 0.3) is 5.91 Å². The van der Waals surface area contributed by atoms with E-state index in [1.54, 1.807) is 6.08 Å². The molecule has 0 aliphatic rings. The van der Waals surface area contributed by atoms with Gasteiger partial charge in [-0.15, -0.1) is 0 Å². The third kappa shape index (κ3) is 4.57. The van der Waals surface area contributed by atoms with Gasteiger partial charge in [-0.05, 0) is 41.7 Å². The minimum absolute atomic E-state index is 0.0725. The van der Waals surface area contributed by atoms with E-state index < -0.39 is 5.91 Å². The topological polar surface area (TPSA) is 52.9 Å². The standard InChI is InChI=1S/C21H22N2O/c1-15-5-11-19(12-6-15)23-20(24)17(14-22)13-16-7-9-18(10-8-16)21(2,3)4/h5-13H,1-4H3,(H,23,24)/b17-13+. The Hall–Kier alpha value is -2.86. The zero-order valence-electron chi connectivity index (χ0n) is 14.6. The minimum Gasteiger partial charge on any atom is -0.321 e. The first-order chi connectivity index (χ1) is 11.3. The SMILES string of the molecule is Cc1ccc(NC(=O)/C(C#N)=C/c2ccc(C(C)(C)C)cc2)cc1. The summed E-state index contributed by atoms with van der Waals surface area (Å²) in [5.74, 6) is -0.402. The highest BCUT2D eigenvalue weighted by atomic mass is 16.1. The normalized spacial score (nSPS) is 11.7. The summed E-state index contributed by atoms with van der Waals surface area (Å²) in [5, 5.41) is 12.0. The molecule has 0 radical (unpaired) electrons. The average molecular weight is 318 g/mol. The van der Waals surface area contributed by atoms with Crippen molar-refractivity contribution in [2.75, 3.05) is 5.32 Å². The Labute approximate surface area is 143 Å². The van der Waals surface area contributed by atoms with E-state index in [0.29, 0.717) is 5.69 Å². The van der Waals surface area contributed by atoms with Crippen molar-refractivity contribution < 1.29 is 4.79 Å². The molecule has 1 amide bonds. The smallest absolute Gasteiger partial charge is 0.266 e. The molecule has 0 aliphatic carbocycles. The van der Waals surface area contributed by atoms with Crippen LogP contribution in [-0.2, 0) is 10.2 Å². The van der Waals surface area contributed by atoms with E-state index in [1.165, 1.54) is 5.56 Å². The second-order valence-corrected chi connectivity index (χ2v) is 6.86. The highest BCUT2D eigenvalue weighted by Gasteiger charge is 2.13. The number of carbonyl (C=O) groups is 1. The number of rotatable bonds is 3. The molecule has 0 spiro atoms. The molecule has 0 heterocycles. The second kappa shape index (κ2) is 7.14. The van der Waals surface area contributed by atoms with Crippen molar-refractivity contribution in [2.45, 2.75) is 33.1 Å². The quantitative estimate of drug-likeness (QED) is 0.650. The number of hydrogen-bond acceptors (Lipinski definition) is 2. The molecule has 3 heteroatoms. The van der Waals surface area contributed by atoms with Gasteiger partial charge in [-0.1, -0.05) is 62.7 Å². The number of benzene rings is 2. The van der Waals surface area contributed by atoms with Crippen LogP contribution in [0.4, 0.5) is 5.69 Å². The highest BCUT2D eigenvalue weighted by Crippen LogP contribution is 2.23. The van der Waals surface area contributed by atoms with Crippen molar-refractivity contribution in [3.05, 3.63) is 70.8 Å². The first-order valence-electron chi connectivity index (χ1n) is 7.90. The van der Waals surface area contributed by atoms with Crippen LogP contribution in [0, 0.1) is 18.3 Å². The molecule has 0 aliphatic heterocycles. The van der Waals surface area contributed by atoms with Gasteiger partial charge in [-0.25, -0.2) is 0 Å². The Morgan fingerprint density at radius 2 is 1.62 bits per heavy atom. The molecule has 24 heavy (non-hydrogen) atoms. The number of nitrogens with one attached hydrogen (secondary N) is 1. The lowest BCUT2D eigenvalue weighted by molar-refractivity contribution is -0.112. The van der Waals surface area contributed by atoms with E-state index in [9.17, 15) is 10.1 Å². The van der Waals surface area contributed by atoms with Crippen LogP contribution in [0.1, 0.15) is 37.5 Å². The zero-order chi connectivity index (χ0) is 17.7. The van der Waals surface area contributed by atoms with Crippen LogP contribution >= 0.6 is 0 Å². The summed E-state index contributed by atoms with van der Waals surface area (Å²) < 4.78 is 0. The van der Waals surface area contributed by atoms with Crippen molar-refractivity contribution in [2.24, 2.45) is 0 Å². The molecule has 0 aromatic heterocycles. The molecule has 0 atom stereocenters. The molecule has 0 saturated heterocycles. The van der Waals surface area contributed by atoms with Crippen LogP contribution in [0.25, 0.3) is 6.08 Å². The number of amides is 1. The summed E-state index contributed by atoms with van der Waals surface area (Å²) in [6, 6.07) is 17.4. The van der Waals surface area contributed by atoms with Gasteiger partial charge < -0.3 is 5.32 Å². The van der Waals surface area contributed by atoms with Crippen LogP contribution in [-0.4, -0.2) is 5.91 Å². The van der Waals surface area contributed by atoms with E-state index in [4.69, 9.17) is 0 Å². The molecule has 2 rings (SSSR count). The summed E-state index contributed by atoms with van der Waals surface area (Å²) in [6.07, 6.45) is 1.61. The lowest BCUT2D eigenvalue weighted by Gasteiger charge is -2.18. The van der Waals surface area contributed by atoms with Crippen molar-refractivity contribution in [3.8, 4) is 6.07 Å². The Balaban J connectivity index is 2.18. The molecule has 2 aromatic rings. The van der Waals surface area contributed by atoms with Crippen LogP contribution in [0.2, 0.25) is 0 Å².